The van der Waals surface area contributed by atoms with Crippen molar-refractivity contribution < 1.29 is 41.4 Å². The van der Waals surface area contributed by atoms with Crippen molar-refractivity contribution in [2.45, 2.75) is 18.4 Å². The topological polar surface area (TPSA) is 144 Å². The van der Waals surface area contributed by atoms with Gasteiger partial charge in [0.2, 0.25) is 0 Å². The van der Waals surface area contributed by atoms with Crippen LogP contribution in [-0.2, 0) is 33.1 Å². The van der Waals surface area contributed by atoms with E-state index in [1.54, 1.807) is 0 Å². The van der Waals surface area contributed by atoms with Crippen molar-refractivity contribution >= 4 is 28.3 Å². The first kappa shape index (κ1) is 12.4. The lowest BCUT2D eigenvalue weighted by Crippen LogP contribution is -2.42. The van der Waals surface area contributed by atoms with Crippen LogP contribution in [0, 0.1) is 0 Å². The van der Waals surface area contributed by atoms with Gasteiger partial charge in [-0.1, -0.05) is 0 Å². The number of hydrogen-bond donors (Lipinski definition) is 2. The number of hydrogen-bond acceptors (Lipinski definition) is 8. The first-order valence-electron chi connectivity index (χ1n) is 3.80. The quantitative estimate of drug-likeness (QED) is 0.567. The van der Waals surface area contributed by atoms with Gasteiger partial charge in [-0.25, -0.2) is 4.79 Å². The zero-order chi connectivity index (χ0) is 12.6. The second kappa shape index (κ2) is 3.72. The van der Waals surface area contributed by atoms with Gasteiger partial charge in [0.1, 0.15) is 0 Å². The third-order valence-electron chi connectivity index (χ3n) is 1.63. The molecule has 1 aliphatic heterocycles. The van der Waals surface area contributed by atoms with Gasteiger partial charge in [0, 0.05) is 0 Å². The molecule has 0 aromatic heterocycles. The molecule has 1 rings (SSSR count). The van der Waals surface area contributed by atoms with Crippen LogP contribution in [0.1, 0.15) is 12.8 Å². The van der Waals surface area contributed by atoms with Crippen LogP contribution in [0.3, 0.4) is 0 Å². The molecule has 0 spiro atoms. The second-order valence-corrected chi connectivity index (χ2v) is 4.16. The Kier molecular flexibility index (Phi) is 2.88. The Labute approximate surface area is 88.9 Å². The van der Waals surface area contributed by atoms with E-state index in [0.717, 1.165) is 0 Å². The van der Waals surface area contributed by atoms with E-state index in [1.807, 2.05) is 0 Å². The normalized spacial score (nSPS) is 28.8. The molecule has 1 saturated heterocycles. The Bertz CT molecular complexity index is 449. The molecule has 16 heavy (non-hydrogen) atoms. The molecule has 1 heterocycles. The summed E-state index contributed by atoms with van der Waals surface area (Å²) in [5.74, 6) is -4.85. The summed E-state index contributed by atoms with van der Waals surface area (Å²) in [6.07, 6.45) is -2.28. The zero-order valence-corrected chi connectivity index (χ0v) is 8.39. The third-order valence-corrected chi connectivity index (χ3v) is 2.38. The van der Waals surface area contributed by atoms with E-state index in [4.69, 9.17) is 5.11 Å². The lowest BCUT2D eigenvalue weighted by molar-refractivity contribution is -0.164. The number of aliphatic carboxylic acids is 1. The number of carbonyl (C=O) groups excluding carboxylic acids is 2. The largest absolute Gasteiger partial charge is 0.506 e. The zero-order valence-electron chi connectivity index (χ0n) is 7.57. The molecule has 2 N–H and O–H groups in total. The number of aliphatic hydroxyl groups is 1. The van der Waals surface area contributed by atoms with Gasteiger partial charge in [0.25, 0.3) is 0 Å². The predicted molar refractivity (Wildman–Crippen MR) is 42.9 cm³/mol. The second-order valence-electron chi connectivity index (χ2n) is 3.01. The number of carbonyl (C=O) groups is 3. The molecule has 1 aliphatic rings. The van der Waals surface area contributed by atoms with Crippen molar-refractivity contribution in [3.05, 3.63) is 0 Å². The molecule has 0 aromatic carbocycles. The van der Waals surface area contributed by atoms with Crippen molar-refractivity contribution in [1.29, 1.82) is 0 Å². The smallest absolute Gasteiger partial charge is 0.481 e. The Hall–Kier alpha value is -1.68. The molecule has 90 valence electrons. The van der Waals surface area contributed by atoms with Crippen molar-refractivity contribution in [2.75, 3.05) is 0 Å². The van der Waals surface area contributed by atoms with Gasteiger partial charge in [-0.05, 0) is 0 Å². The highest BCUT2D eigenvalue weighted by Crippen LogP contribution is 2.23. The van der Waals surface area contributed by atoms with Crippen LogP contribution in [-0.4, -0.2) is 42.1 Å². The SMILES string of the molecule is O=C(O)CC1(O)CC(=O)OS(=O)(=O)OC1=O. The van der Waals surface area contributed by atoms with Gasteiger partial charge in [-0.2, -0.15) is 0 Å². The van der Waals surface area contributed by atoms with Crippen molar-refractivity contribution in [1.82, 2.24) is 0 Å². The number of rotatable bonds is 2. The third kappa shape index (κ3) is 2.67. The van der Waals surface area contributed by atoms with E-state index in [2.05, 4.69) is 8.37 Å². The van der Waals surface area contributed by atoms with Gasteiger partial charge in [-0.15, -0.1) is 8.42 Å². The fourth-order valence-corrected chi connectivity index (χ4v) is 1.69. The highest BCUT2D eigenvalue weighted by Gasteiger charge is 2.48. The van der Waals surface area contributed by atoms with Gasteiger partial charge < -0.3 is 18.6 Å². The van der Waals surface area contributed by atoms with E-state index in [9.17, 15) is 27.9 Å². The first-order chi connectivity index (χ1) is 7.15. The molecular weight excluding hydrogens is 248 g/mol. The van der Waals surface area contributed by atoms with Crippen LogP contribution in [0.5, 0.6) is 0 Å². The molecular formula is C6H6O9S. The lowest BCUT2D eigenvalue weighted by Gasteiger charge is -2.17. The number of carboxylic acids is 1. The van der Waals surface area contributed by atoms with E-state index >= 15 is 0 Å². The molecule has 1 atom stereocenters. The monoisotopic (exact) mass is 254 g/mol. The maximum atomic E-state index is 11.1. The van der Waals surface area contributed by atoms with Crippen LogP contribution >= 0.6 is 0 Å². The molecule has 0 amide bonds. The first-order valence-corrected chi connectivity index (χ1v) is 5.13. The van der Waals surface area contributed by atoms with Crippen molar-refractivity contribution in [3.8, 4) is 0 Å². The minimum atomic E-state index is -4.88. The molecule has 0 saturated carbocycles. The lowest BCUT2D eigenvalue weighted by atomic mass is 9.96. The standard InChI is InChI=1S/C6H6O9S/c7-3(8)1-6(11)2-4(9)14-16(12,13)15-5(6)10/h11H,1-2H2,(H,7,8). The highest BCUT2D eigenvalue weighted by atomic mass is 32.3. The Balaban J connectivity index is 3.08. The molecule has 0 aromatic rings. The minimum absolute atomic E-state index is 1.11. The van der Waals surface area contributed by atoms with Crippen molar-refractivity contribution in [2.24, 2.45) is 0 Å². The predicted octanol–water partition coefficient (Wildman–Crippen LogP) is -2.07. The Morgan fingerprint density at radius 2 is 1.94 bits per heavy atom. The maximum absolute atomic E-state index is 11.1. The molecule has 0 radical (unpaired) electrons. The van der Waals surface area contributed by atoms with Crippen molar-refractivity contribution in [3.63, 3.8) is 0 Å². The van der Waals surface area contributed by atoms with Gasteiger partial charge in [0.05, 0.1) is 12.8 Å². The summed E-state index contributed by atoms with van der Waals surface area (Å²) in [5.41, 5.74) is -2.74. The summed E-state index contributed by atoms with van der Waals surface area (Å²) >= 11 is 0. The molecule has 0 bridgehead atoms. The van der Waals surface area contributed by atoms with Crippen LogP contribution in [0.2, 0.25) is 0 Å². The molecule has 10 heteroatoms. The summed E-state index contributed by atoms with van der Waals surface area (Å²) in [7, 11) is -4.88. The van der Waals surface area contributed by atoms with Crippen LogP contribution < -0.4 is 0 Å². The Morgan fingerprint density at radius 3 is 2.44 bits per heavy atom. The van der Waals surface area contributed by atoms with Gasteiger partial charge >= 0.3 is 28.3 Å². The van der Waals surface area contributed by atoms with Crippen LogP contribution in [0.25, 0.3) is 0 Å². The highest BCUT2D eigenvalue weighted by molar-refractivity contribution is 7.82. The van der Waals surface area contributed by atoms with E-state index in [1.165, 1.54) is 0 Å². The fourth-order valence-electron chi connectivity index (χ4n) is 1.03. The summed E-state index contributed by atoms with van der Waals surface area (Å²) in [4.78, 5) is 32.3. The van der Waals surface area contributed by atoms with Crippen LogP contribution in [0.4, 0.5) is 0 Å². The van der Waals surface area contributed by atoms with E-state index in [-0.39, 0.29) is 0 Å². The fraction of sp³-hybridized carbons (Fsp3) is 0.500. The molecule has 0 aliphatic carbocycles. The minimum Gasteiger partial charge on any atom is -0.481 e. The summed E-state index contributed by atoms with van der Waals surface area (Å²) in [6, 6.07) is 0. The van der Waals surface area contributed by atoms with Gasteiger partial charge in [0.15, 0.2) is 5.60 Å². The van der Waals surface area contributed by atoms with Gasteiger partial charge in [-0.3, -0.25) is 9.59 Å². The van der Waals surface area contributed by atoms with E-state index in [0.29, 0.717) is 0 Å². The van der Waals surface area contributed by atoms with E-state index < -0.39 is 46.7 Å². The summed E-state index contributed by atoms with van der Waals surface area (Å²) in [6.45, 7) is 0. The molecule has 1 fully saturated rings. The molecule has 9 nitrogen and oxygen atoms in total. The molecule has 1 unspecified atom stereocenters. The Morgan fingerprint density at radius 1 is 1.38 bits per heavy atom. The summed E-state index contributed by atoms with van der Waals surface area (Å²) < 4.78 is 28.8. The average Bonchev–Trinajstić information content (AvgIpc) is 2.03. The summed E-state index contributed by atoms with van der Waals surface area (Å²) in [5, 5.41) is 17.9. The van der Waals surface area contributed by atoms with Crippen LogP contribution in [0.15, 0.2) is 0 Å². The maximum Gasteiger partial charge on any atom is 0.506 e. The average molecular weight is 254 g/mol. The number of carboxylic acid groups (broad SMARTS) is 1.